The summed E-state index contributed by atoms with van der Waals surface area (Å²) in [5, 5.41) is 0. The van der Waals surface area contributed by atoms with Gasteiger partial charge in [-0.15, -0.1) is 0 Å². The minimum Gasteiger partial charge on any atom is -0.466 e. The Morgan fingerprint density at radius 2 is 1.84 bits per heavy atom. The van der Waals surface area contributed by atoms with E-state index in [1.807, 2.05) is 0 Å². The number of ether oxygens (including phenoxy) is 1. The van der Waals surface area contributed by atoms with Gasteiger partial charge in [0.05, 0.1) is 18.1 Å². The van der Waals surface area contributed by atoms with Crippen LogP contribution in [0.1, 0.15) is 37.8 Å². The Hall–Kier alpha value is -1.52. The SMILES string of the molecule is CCOC(=O)C(c1ccccc1C(F)(F)F)C(C)C. The molecule has 0 spiro atoms. The topological polar surface area (TPSA) is 26.3 Å². The molecule has 0 saturated carbocycles. The van der Waals surface area contributed by atoms with Crippen molar-refractivity contribution in [1.82, 2.24) is 0 Å². The van der Waals surface area contributed by atoms with Crippen LogP contribution in [0.3, 0.4) is 0 Å². The summed E-state index contributed by atoms with van der Waals surface area (Å²) in [4.78, 5) is 11.9. The van der Waals surface area contributed by atoms with E-state index in [2.05, 4.69) is 0 Å². The lowest BCUT2D eigenvalue weighted by Crippen LogP contribution is -2.24. The Balaban J connectivity index is 3.28. The molecule has 1 atom stereocenters. The highest BCUT2D eigenvalue weighted by Gasteiger charge is 2.38. The van der Waals surface area contributed by atoms with Crippen molar-refractivity contribution >= 4 is 5.97 Å². The standard InChI is InChI=1S/C14H17F3O2/c1-4-19-13(18)12(9(2)3)10-7-5-6-8-11(10)14(15,16)17/h5-9,12H,4H2,1-3H3. The molecule has 1 rings (SSSR count). The Morgan fingerprint density at radius 3 is 2.32 bits per heavy atom. The number of carbonyl (C=O) groups is 1. The average Bonchev–Trinajstić information content (AvgIpc) is 2.28. The number of hydrogen-bond acceptors (Lipinski definition) is 2. The number of rotatable bonds is 4. The summed E-state index contributed by atoms with van der Waals surface area (Å²) in [5.74, 6) is -1.80. The van der Waals surface area contributed by atoms with Crippen LogP contribution < -0.4 is 0 Å². The van der Waals surface area contributed by atoms with E-state index in [0.29, 0.717) is 0 Å². The molecule has 0 fully saturated rings. The molecular weight excluding hydrogens is 257 g/mol. The van der Waals surface area contributed by atoms with Crippen LogP contribution in [0.15, 0.2) is 24.3 Å². The Bertz CT molecular complexity index is 439. The number of hydrogen-bond donors (Lipinski definition) is 0. The van der Waals surface area contributed by atoms with Gasteiger partial charge in [-0.1, -0.05) is 32.0 Å². The number of benzene rings is 1. The highest BCUT2D eigenvalue weighted by Crippen LogP contribution is 2.37. The molecule has 0 aliphatic rings. The van der Waals surface area contributed by atoms with Crippen molar-refractivity contribution in [2.75, 3.05) is 6.61 Å². The molecule has 0 saturated heterocycles. The lowest BCUT2D eigenvalue weighted by atomic mass is 9.85. The molecule has 0 aliphatic heterocycles. The van der Waals surface area contributed by atoms with Crippen LogP contribution in [0.2, 0.25) is 0 Å². The van der Waals surface area contributed by atoms with E-state index < -0.39 is 23.6 Å². The first-order chi connectivity index (χ1) is 8.79. The fourth-order valence-corrected chi connectivity index (χ4v) is 2.02. The van der Waals surface area contributed by atoms with Crippen LogP contribution in [0.4, 0.5) is 13.2 Å². The first-order valence-electron chi connectivity index (χ1n) is 6.11. The van der Waals surface area contributed by atoms with Crippen LogP contribution in [-0.2, 0) is 15.7 Å². The number of carbonyl (C=O) groups excluding carboxylic acids is 1. The molecule has 1 unspecified atom stereocenters. The Labute approximate surface area is 110 Å². The summed E-state index contributed by atoms with van der Waals surface area (Å²) in [6.45, 7) is 5.19. The Morgan fingerprint density at radius 1 is 1.26 bits per heavy atom. The normalized spacial score (nSPS) is 13.4. The molecule has 0 N–H and O–H groups in total. The van der Waals surface area contributed by atoms with Gasteiger partial charge >= 0.3 is 12.1 Å². The third kappa shape index (κ3) is 3.72. The predicted molar refractivity (Wildman–Crippen MR) is 65.7 cm³/mol. The van der Waals surface area contributed by atoms with Gasteiger partial charge in [0.25, 0.3) is 0 Å². The quantitative estimate of drug-likeness (QED) is 0.775. The first-order valence-corrected chi connectivity index (χ1v) is 6.11. The lowest BCUT2D eigenvalue weighted by Gasteiger charge is -2.23. The smallest absolute Gasteiger partial charge is 0.416 e. The molecule has 0 radical (unpaired) electrons. The number of alkyl halides is 3. The summed E-state index contributed by atoms with van der Waals surface area (Å²) in [6.07, 6.45) is -4.48. The van der Waals surface area contributed by atoms with Crippen molar-refractivity contribution in [2.45, 2.75) is 32.9 Å². The zero-order valence-electron chi connectivity index (χ0n) is 11.1. The molecule has 5 heteroatoms. The van der Waals surface area contributed by atoms with E-state index in [9.17, 15) is 18.0 Å². The Kier molecular flexibility index (Phi) is 4.97. The van der Waals surface area contributed by atoms with Crippen LogP contribution in [-0.4, -0.2) is 12.6 Å². The second-order valence-electron chi connectivity index (χ2n) is 4.56. The van der Waals surface area contributed by atoms with Gasteiger partial charge in [0.2, 0.25) is 0 Å². The fourth-order valence-electron chi connectivity index (χ4n) is 2.02. The van der Waals surface area contributed by atoms with Crippen molar-refractivity contribution in [3.8, 4) is 0 Å². The molecule has 0 heterocycles. The minimum atomic E-state index is -4.48. The van der Waals surface area contributed by atoms with Crippen LogP contribution in [0.5, 0.6) is 0 Å². The third-order valence-corrected chi connectivity index (χ3v) is 2.81. The second kappa shape index (κ2) is 6.08. The second-order valence-corrected chi connectivity index (χ2v) is 4.56. The zero-order chi connectivity index (χ0) is 14.6. The van der Waals surface area contributed by atoms with Crippen molar-refractivity contribution in [2.24, 2.45) is 5.92 Å². The van der Waals surface area contributed by atoms with Gasteiger partial charge in [0.15, 0.2) is 0 Å². The summed E-state index contributed by atoms with van der Waals surface area (Å²) >= 11 is 0. The lowest BCUT2D eigenvalue weighted by molar-refractivity contribution is -0.147. The molecule has 2 nitrogen and oxygen atoms in total. The van der Waals surface area contributed by atoms with Gasteiger partial charge in [-0.25, -0.2) is 0 Å². The summed E-state index contributed by atoms with van der Waals surface area (Å²) in [6, 6.07) is 5.14. The summed E-state index contributed by atoms with van der Waals surface area (Å²) in [7, 11) is 0. The van der Waals surface area contributed by atoms with Crippen LogP contribution in [0.25, 0.3) is 0 Å². The van der Waals surface area contributed by atoms with Gasteiger partial charge in [-0.05, 0) is 24.5 Å². The van der Waals surface area contributed by atoms with Gasteiger partial charge in [0.1, 0.15) is 0 Å². The molecule has 1 aromatic rings. The maximum Gasteiger partial charge on any atom is 0.416 e. The maximum absolute atomic E-state index is 13.0. The van der Waals surface area contributed by atoms with Gasteiger partial charge in [-0.2, -0.15) is 13.2 Å². The third-order valence-electron chi connectivity index (χ3n) is 2.81. The summed E-state index contributed by atoms with van der Waals surface area (Å²) in [5.41, 5.74) is -0.801. The van der Waals surface area contributed by atoms with Crippen LogP contribution in [0, 0.1) is 5.92 Å². The first kappa shape index (κ1) is 15.5. The van der Waals surface area contributed by atoms with E-state index in [-0.39, 0.29) is 18.1 Å². The van der Waals surface area contributed by atoms with Gasteiger partial charge in [0, 0.05) is 0 Å². The largest absolute Gasteiger partial charge is 0.466 e. The average molecular weight is 274 g/mol. The monoisotopic (exact) mass is 274 g/mol. The maximum atomic E-state index is 13.0. The molecule has 1 aromatic carbocycles. The van der Waals surface area contributed by atoms with Gasteiger partial charge in [-0.3, -0.25) is 4.79 Å². The van der Waals surface area contributed by atoms with Crippen molar-refractivity contribution in [3.05, 3.63) is 35.4 Å². The minimum absolute atomic E-state index is 0.0246. The van der Waals surface area contributed by atoms with E-state index in [1.165, 1.54) is 18.2 Å². The van der Waals surface area contributed by atoms with E-state index in [4.69, 9.17) is 4.74 Å². The van der Waals surface area contributed by atoms with Gasteiger partial charge < -0.3 is 4.74 Å². The van der Waals surface area contributed by atoms with Crippen LogP contribution >= 0.6 is 0 Å². The fraction of sp³-hybridized carbons (Fsp3) is 0.500. The molecule has 0 aromatic heterocycles. The predicted octanol–water partition coefficient (Wildman–Crippen LogP) is 4.01. The molecular formula is C14H17F3O2. The van der Waals surface area contributed by atoms with E-state index in [0.717, 1.165) is 6.07 Å². The zero-order valence-corrected chi connectivity index (χ0v) is 11.1. The highest BCUT2D eigenvalue weighted by molar-refractivity contribution is 5.79. The number of esters is 1. The molecule has 0 amide bonds. The molecule has 106 valence electrons. The highest BCUT2D eigenvalue weighted by atomic mass is 19.4. The molecule has 0 bridgehead atoms. The van der Waals surface area contributed by atoms with Crippen molar-refractivity contribution in [1.29, 1.82) is 0 Å². The van der Waals surface area contributed by atoms with E-state index >= 15 is 0 Å². The van der Waals surface area contributed by atoms with Crippen molar-refractivity contribution in [3.63, 3.8) is 0 Å². The van der Waals surface area contributed by atoms with Crippen molar-refractivity contribution < 1.29 is 22.7 Å². The molecule has 19 heavy (non-hydrogen) atoms. The molecule has 0 aliphatic carbocycles. The number of halogens is 3. The summed E-state index contributed by atoms with van der Waals surface area (Å²) < 4.78 is 43.8. The van der Waals surface area contributed by atoms with E-state index in [1.54, 1.807) is 20.8 Å².